The van der Waals surface area contributed by atoms with Crippen LogP contribution in [0.5, 0.6) is 0 Å². The fourth-order valence-corrected chi connectivity index (χ4v) is 3.79. The molecular weight excluding hydrogens is 520 g/mol. The molecule has 0 bridgehead atoms. The molecule has 0 spiro atoms. The van der Waals surface area contributed by atoms with Crippen LogP contribution in [-0.2, 0) is 9.53 Å². The van der Waals surface area contributed by atoms with Gasteiger partial charge in [-0.25, -0.2) is 9.97 Å². The highest BCUT2D eigenvalue weighted by Crippen LogP contribution is 2.24. The summed E-state index contributed by atoms with van der Waals surface area (Å²) in [5, 5.41) is 16.4. The average molecular weight is 559 g/mol. The molecule has 11 heteroatoms. The van der Waals surface area contributed by atoms with Crippen LogP contribution >= 0.6 is 11.6 Å². The molecule has 6 N–H and O–H groups in total. The number of rotatable bonds is 12. The van der Waals surface area contributed by atoms with Crippen LogP contribution in [0.15, 0.2) is 42.7 Å². The van der Waals surface area contributed by atoms with Crippen LogP contribution in [0, 0.1) is 6.92 Å². The van der Waals surface area contributed by atoms with E-state index in [2.05, 4.69) is 39.4 Å². The molecule has 10 nitrogen and oxygen atoms in total. The van der Waals surface area contributed by atoms with Crippen molar-refractivity contribution < 1.29 is 19.4 Å². The van der Waals surface area contributed by atoms with Gasteiger partial charge in [-0.3, -0.25) is 9.59 Å². The highest BCUT2D eigenvalue weighted by molar-refractivity contribution is 6.30. The summed E-state index contributed by atoms with van der Waals surface area (Å²) in [5.41, 5.74) is 8.51. The summed E-state index contributed by atoms with van der Waals surface area (Å²) in [6, 6.07) is 8.08. The number of aliphatic hydroxyl groups excluding tert-OH is 1. The molecule has 212 valence electrons. The molecule has 0 fully saturated rings. The molecule has 1 unspecified atom stereocenters. The molecule has 39 heavy (non-hydrogen) atoms. The van der Waals surface area contributed by atoms with Gasteiger partial charge in [0.25, 0.3) is 5.91 Å². The van der Waals surface area contributed by atoms with E-state index in [0.29, 0.717) is 34.3 Å². The molecule has 1 aromatic carbocycles. The minimum atomic E-state index is -0.602. The van der Waals surface area contributed by atoms with Gasteiger partial charge in [-0.05, 0) is 42.7 Å². The maximum absolute atomic E-state index is 12.8. The predicted molar refractivity (Wildman–Crippen MR) is 154 cm³/mol. The molecule has 0 aliphatic carbocycles. The van der Waals surface area contributed by atoms with Crippen LogP contribution in [0.3, 0.4) is 0 Å². The number of aromatic amines is 1. The van der Waals surface area contributed by atoms with E-state index in [9.17, 15) is 14.7 Å². The van der Waals surface area contributed by atoms with Crippen LogP contribution < -0.4 is 16.4 Å². The van der Waals surface area contributed by atoms with Gasteiger partial charge in [-0.2, -0.15) is 0 Å². The number of carbonyl (C=O) groups excluding carboxylic acids is 2. The standard InChI is InChI=1S/C25H31ClN6O4.C3H8/c1-3-19(7-8-36-22(34)11-27)30-25-29-12-15(2)23(32-25)17-10-20(28-13-17)24(35)31-21(14-33)16-5-4-6-18(26)9-16;1-3-2/h4-6,9-10,12-13,19,21,28,33H,3,7-8,11,14,27H2,1-2H3,(H,31,35)(H,29,30,32);3H2,1-2H3/t19?,21-;/m1./s1. The first-order chi connectivity index (χ1) is 18.8. The Morgan fingerprint density at radius 2 is 1.97 bits per heavy atom. The Bertz CT molecular complexity index is 1200. The summed E-state index contributed by atoms with van der Waals surface area (Å²) < 4.78 is 5.06. The molecule has 1 amide bonds. The minimum absolute atomic E-state index is 0.000555. The van der Waals surface area contributed by atoms with Gasteiger partial charge >= 0.3 is 5.97 Å². The summed E-state index contributed by atoms with van der Waals surface area (Å²) in [5.74, 6) is -0.381. The number of hydrogen-bond acceptors (Lipinski definition) is 8. The maximum Gasteiger partial charge on any atom is 0.319 e. The molecular formula is C28H39ClN6O4. The minimum Gasteiger partial charge on any atom is -0.465 e. The first-order valence-corrected chi connectivity index (χ1v) is 13.5. The van der Waals surface area contributed by atoms with Crippen molar-refractivity contribution in [3.63, 3.8) is 0 Å². The van der Waals surface area contributed by atoms with Crippen LogP contribution in [0.4, 0.5) is 5.95 Å². The van der Waals surface area contributed by atoms with E-state index in [4.69, 9.17) is 22.1 Å². The summed E-state index contributed by atoms with van der Waals surface area (Å²) >= 11 is 6.04. The highest BCUT2D eigenvalue weighted by atomic mass is 35.5. The Hall–Kier alpha value is -3.47. The van der Waals surface area contributed by atoms with Gasteiger partial charge in [-0.15, -0.1) is 0 Å². The first-order valence-electron chi connectivity index (χ1n) is 13.1. The van der Waals surface area contributed by atoms with Crippen LogP contribution in [0.2, 0.25) is 5.02 Å². The number of aliphatic hydroxyl groups is 1. The average Bonchev–Trinajstić information content (AvgIpc) is 3.42. The predicted octanol–water partition coefficient (Wildman–Crippen LogP) is 4.40. The Balaban J connectivity index is 0.00000170. The van der Waals surface area contributed by atoms with Crippen molar-refractivity contribution in [1.29, 1.82) is 0 Å². The number of H-pyrrole nitrogens is 1. The van der Waals surface area contributed by atoms with E-state index in [1.807, 2.05) is 13.8 Å². The fraction of sp³-hybridized carbons (Fsp3) is 0.429. The van der Waals surface area contributed by atoms with Crippen molar-refractivity contribution in [2.24, 2.45) is 5.73 Å². The van der Waals surface area contributed by atoms with E-state index < -0.39 is 12.0 Å². The number of carbonyl (C=O) groups is 2. The topological polar surface area (TPSA) is 155 Å². The molecule has 0 radical (unpaired) electrons. The summed E-state index contributed by atoms with van der Waals surface area (Å²) in [6.45, 7) is 7.98. The molecule has 0 saturated heterocycles. The number of nitrogens with two attached hydrogens (primary N) is 1. The zero-order valence-electron chi connectivity index (χ0n) is 23.0. The molecule has 3 aromatic rings. The molecule has 3 rings (SSSR count). The van der Waals surface area contributed by atoms with Crippen molar-refractivity contribution in [3.8, 4) is 11.3 Å². The molecule has 2 aromatic heterocycles. The molecule has 2 heterocycles. The van der Waals surface area contributed by atoms with Gasteiger partial charge in [0.2, 0.25) is 5.95 Å². The van der Waals surface area contributed by atoms with Gasteiger partial charge in [-0.1, -0.05) is 50.9 Å². The van der Waals surface area contributed by atoms with Crippen LogP contribution in [-0.4, -0.2) is 57.7 Å². The second-order valence-corrected chi connectivity index (χ2v) is 9.40. The second kappa shape index (κ2) is 16.5. The Morgan fingerprint density at radius 3 is 2.62 bits per heavy atom. The number of esters is 1. The lowest BCUT2D eigenvalue weighted by Gasteiger charge is -2.17. The monoisotopic (exact) mass is 558 g/mol. The van der Waals surface area contributed by atoms with E-state index in [1.165, 1.54) is 6.42 Å². The van der Waals surface area contributed by atoms with E-state index in [1.54, 1.807) is 42.7 Å². The second-order valence-electron chi connectivity index (χ2n) is 8.96. The van der Waals surface area contributed by atoms with E-state index in [0.717, 1.165) is 17.5 Å². The lowest BCUT2D eigenvalue weighted by atomic mass is 10.1. The van der Waals surface area contributed by atoms with Crippen molar-refractivity contribution in [2.45, 2.75) is 59.0 Å². The molecule has 0 saturated carbocycles. The van der Waals surface area contributed by atoms with Gasteiger partial charge in [0.1, 0.15) is 5.69 Å². The van der Waals surface area contributed by atoms with E-state index in [-0.39, 0.29) is 31.7 Å². The Labute approximate surface area is 234 Å². The number of halogens is 1. The lowest BCUT2D eigenvalue weighted by molar-refractivity contribution is -0.142. The third-order valence-corrected chi connectivity index (χ3v) is 5.87. The number of hydrogen-bond donors (Lipinski definition) is 5. The Morgan fingerprint density at radius 1 is 1.23 bits per heavy atom. The van der Waals surface area contributed by atoms with Crippen molar-refractivity contribution in [1.82, 2.24) is 20.3 Å². The van der Waals surface area contributed by atoms with Gasteiger partial charge < -0.3 is 31.2 Å². The van der Waals surface area contributed by atoms with Crippen molar-refractivity contribution >= 4 is 29.4 Å². The van der Waals surface area contributed by atoms with Crippen molar-refractivity contribution in [2.75, 3.05) is 25.1 Å². The number of nitrogens with zero attached hydrogens (tertiary/aromatic N) is 2. The maximum atomic E-state index is 12.8. The van der Waals surface area contributed by atoms with Crippen LogP contribution in [0.1, 0.15) is 67.7 Å². The summed E-state index contributed by atoms with van der Waals surface area (Å²) in [6.07, 6.45) is 6.02. The number of ether oxygens (including phenoxy) is 1. The normalized spacial score (nSPS) is 12.1. The van der Waals surface area contributed by atoms with E-state index >= 15 is 0 Å². The molecule has 2 atom stereocenters. The third-order valence-electron chi connectivity index (χ3n) is 5.63. The van der Waals surface area contributed by atoms with Gasteiger partial charge in [0.15, 0.2) is 0 Å². The quantitative estimate of drug-likeness (QED) is 0.205. The summed E-state index contributed by atoms with van der Waals surface area (Å²) in [4.78, 5) is 36.1. The number of aromatic nitrogens is 3. The zero-order valence-corrected chi connectivity index (χ0v) is 23.7. The number of aryl methyl sites for hydroxylation is 1. The number of anilines is 1. The molecule has 0 aliphatic heterocycles. The van der Waals surface area contributed by atoms with Crippen LogP contribution in [0.25, 0.3) is 11.3 Å². The zero-order chi connectivity index (χ0) is 28.8. The lowest BCUT2D eigenvalue weighted by Crippen LogP contribution is -2.31. The number of benzene rings is 1. The smallest absolute Gasteiger partial charge is 0.319 e. The van der Waals surface area contributed by atoms with Gasteiger partial charge in [0.05, 0.1) is 31.5 Å². The SMILES string of the molecule is CCC.CCC(CCOC(=O)CN)Nc1ncc(C)c(-c2c[nH]c(C(=O)N[C@H](CO)c3cccc(Cl)c3)c2)n1. The van der Waals surface area contributed by atoms with Crippen molar-refractivity contribution in [3.05, 3.63) is 64.6 Å². The largest absolute Gasteiger partial charge is 0.465 e. The third kappa shape index (κ3) is 9.97. The highest BCUT2D eigenvalue weighted by Gasteiger charge is 2.18. The molecule has 0 aliphatic rings. The first kappa shape index (κ1) is 31.7. The number of nitrogens with one attached hydrogen (secondary N) is 3. The number of amides is 1. The van der Waals surface area contributed by atoms with Gasteiger partial charge in [0, 0.05) is 35.4 Å². The Kier molecular flexibility index (Phi) is 13.4. The fourth-order valence-electron chi connectivity index (χ4n) is 3.59. The summed E-state index contributed by atoms with van der Waals surface area (Å²) in [7, 11) is 0.